The number of carbonyl (C=O) groups excluding carboxylic acids is 2. The van der Waals surface area contributed by atoms with E-state index in [1.165, 1.54) is 5.56 Å². The lowest BCUT2D eigenvalue weighted by atomic mass is 10.0. The summed E-state index contributed by atoms with van der Waals surface area (Å²) in [5.41, 5.74) is 3.17. The minimum Gasteiger partial charge on any atom is -0.340 e. The van der Waals surface area contributed by atoms with Gasteiger partial charge in [0.15, 0.2) is 5.82 Å². The summed E-state index contributed by atoms with van der Waals surface area (Å²) in [6.07, 6.45) is 3.49. The topological polar surface area (TPSA) is 56.8 Å². The van der Waals surface area contributed by atoms with Gasteiger partial charge in [-0.25, -0.2) is 4.98 Å². The lowest BCUT2D eigenvalue weighted by molar-refractivity contribution is -0.119. The summed E-state index contributed by atoms with van der Waals surface area (Å²) < 4.78 is 0. The number of benzene rings is 1. The Labute approximate surface area is 171 Å². The number of fused-ring (bicyclic) bond motifs is 1. The molecule has 1 aromatic heterocycles. The average Bonchev–Trinajstić information content (AvgIpc) is 3.48. The van der Waals surface area contributed by atoms with Gasteiger partial charge in [0, 0.05) is 19.5 Å². The van der Waals surface area contributed by atoms with Crippen LogP contribution in [-0.4, -0.2) is 35.9 Å². The van der Waals surface area contributed by atoms with Crippen LogP contribution in [0.1, 0.15) is 49.8 Å². The van der Waals surface area contributed by atoms with Crippen LogP contribution in [-0.2, 0) is 9.59 Å². The molecule has 5 rings (SSSR count). The van der Waals surface area contributed by atoms with Gasteiger partial charge in [0.1, 0.15) is 11.9 Å². The predicted octanol–water partition coefficient (Wildman–Crippen LogP) is 3.59. The third-order valence-corrected chi connectivity index (χ3v) is 6.41. The Morgan fingerprint density at radius 3 is 2.41 bits per heavy atom. The van der Waals surface area contributed by atoms with Crippen molar-refractivity contribution in [3.63, 3.8) is 0 Å². The van der Waals surface area contributed by atoms with Crippen LogP contribution in [0.3, 0.4) is 0 Å². The molecule has 0 N–H and O–H groups in total. The first-order valence-electron chi connectivity index (χ1n) is 10.4. The normalized spacial score (nSPS) is 24.3. The van der Waals surface area contributed by atoms with Crippen LogP contribution >= 0.6 is 0 Å². The third kappa shape index (κ3) is 2.89. The van der Waals surface area contributed by atoms with Gasteiger partial charge >= 0.3 is 0 Å². The summed E-state index contributed by atoms with van der Waals surface area (Å²) in [5.74, 6) is 1.70. The van der Waals surface area contributed by atoms with Crippen LogP contribution < -0.4 is 14.7 Å². The zero-order valence-electron chi connectivity index (χ0n) is 17.1. The van der Waals surface area contributed by atoms with E-state index in [1.807, 2.05) is 24.0 Å². The molecule has 0 spiro atoms. The van der Waals surface area contributed by atoms with E-state index < -0.39 is 0 Å². The van der Waals surface area contributed by atoms with Crippen LogP contribution in [0.15, 0.2) is 36.4 Å². The van der Waals surface area contributed by atoms with Crippen molar-refractivity contribution in [3.05, 3.63) is 47.5 Å². The van der Waals surface area contributed by atoms with Crippen molar-refractivity contribution in [2.45, 2.75) is 57.7 Å². The summed E-state index contributed by atoms with van der Waals surface area (Å²) in [6.45, 7) is 4.02. The number of hydrogen-bond acceptors (Lipinski definition) is 4. The van der Waals surface area contributed by atoms with Crippen molar-refractivity contribution in [1.29, 1.82) is 0 Å². The number of aryl methyl sites for hydroxylation is 1. The highest BCUT2D eigenvalue weighted by atomic mass is 16.2. The van der Waals surface area contributed by atoms with E-state index in [4.69, 9.17) is 4.98 Å². The minimum absolute atomic E-state index is 0.00315. The van der Waals surface area contributed by atoms with Gasteiger partial charge in [0.2, 0.25) is 11.8 Å². The molecule has 6 nitrogen and oxygen atoms in total. The third-order valence-electron chi connectivity index (χ3n) is 6.41. The number of aromatic nitrogens is 1. The van der Waals surface area contributed by atoms with Gasteiger partial charge in [-0.1, -0.05) is 29.8 Å². The molecular weight excluding hydrogens is 364 g/mol. The van der Waals surface area contributed by atoms with Crippen LogP contribution in [0, 0.1) is 6.92 Å². The molecule has 6 heteroatoms. The quantitative estimate of drug-likeness (QED) is 0.804. The molecule has 1 aromatic carbocycles. The molecule has 2 unspecified atom stereocenters. The summed E-state index contributed by atoms with van der Waals surface area (Å²) in [6, 6.07) is 12.4. The first kappa shape index (κ1) is 18.2. The first-order chi connectivity index (χ1) is 14.0. The fourth-order valence-electron chi connectivity index (χ4n) is 4.64. The Bertz CT molecular complexity index is 983. The highest BCUT2D eigenvalue weighted by molar-refractivity contribution is 6.05. The van der Waals surface area contributed by atoms with Gasteiger partial charge in [-0.15, -0.1) is 0 Å². The maximum Gasteiger partial charge on any atom is 0.249 e. The lowest BCUT2D eigenvalue weighted by Crippen LogP contribution is -2.52. The van der Waals surface area contributed by atoms with Gasteiger partial charge in [-0.3, -0.25) is 14.5 Å². The molecule has 2 aliphatic heterocycles. The van der Waals surface area contributed by atoms with Crippen molar-refractivity contribution in [3.8, 4) is 0 Å². The van der Waals surface area contributed by atoms with Crippen LogP contribution in [0.25, 0.3) is 0 Å². The number of rotatable bonds is 3. The average molecular weight is 390 g/mol. The van der Waals surface area contributed by atoms with Crippen molar-refractivity contribution in [2.24, 2.45) is 0 Å². The number of carbonyl (C=O) groups is 2. The maximum atomic E-state index is 12.8. The number of nitrogens with zero attached hydrogens (tertiary/aromatic N) is 4. The summed E-state index contributed by atoms with van der Waals surface area (Å²) in [5, 5.41) is 0. The highest BCUT2D eigenvalue weighted by Crippen LogP contribution is 2.44. The minimum atomic E-state index is -0.232. The maximum absolute atomic E-state index is 12.8. The zero-order chi connectivity index (χ0) is 20.3. The van der Waals surface area contributed by atoms with E-state index in [2.05, 4.69) is 36.1 Å². The summed E-state index contributed by atoms with van der Waals surface area (Å²) in [7, 11) is 1.80. The van der Waals surface area contributed by atoms with Gasteiger partial charge < -0.3 is 9.80 Å². The summed E-state index contributed by atoms with van der Waals surface area (Å²) >= 11 is 0. The molecular formula is C23H26N4O2. The second-order valence-corrected chi connectivity index (χ2v) is 8.45. The molecule has 0 bridgehead atoms. The fraction of sp³-hybridized carbons (Fsp3) is 0.435. The number of likely N-dealkylation sites (N-methyl/N-ethyl adjacent to an activating group) is 1. The van der Waals surface area contributed by atoms with Crippen LogP contribution in [0.5, 0.6) is 0 Å². The van der Waals surface area contributed by atoms with E-state index in [9.17, 15) is 9.59 Å². The predicted molar refractivity (Wildman–Crippen MR) is 113 cm³/mol. The van der Waals surface area contributed by atoms with E-state index in [1.54, 1.807) is 11.9 Å². The smallest absolute Gasteiger partial charge is 0.249 e. The van der Waals surface area contributed by atoms with Crippen LogP contribution in [0.4, 0.5) is 17.3 Å². The molecule has 29 heavy (non-hydrogen) atoms. The van der Waals surface area contributed by atoms with Gasteiger partial charge in [0.25, 0.3) is 0 Å². The number of anilines is 3. The van der Waals surface area contributed by atoms with E-state index in [0.717, 1.165) is 36.3 Å². The van der Waals surface area contributed by atoms with Gasteiger partial charge in [-0.05, 0) is 50.8 Å². The zero-order valence-corrected chi connectivity index (χ0v) is 17.1. The van der Waals surface area contributed by atoms with Crippen molar-refractivity contribution in [1.82, 2.24) is 4.98 Å². The van der Waals surface area contributed by atoms with Gasteiger partial charge in [0.05, 0.1) is 11.7 Å². The standard InChI is InChI=1S/C23H26N4O2/c1-14-4-6-16(7-5-14)18-11-13-21(28)27(18)20-12-10-19-22(24-20)26(17-8-9-17)15(2)23(29)25(19)3/h4-7,10,12,15,17-18H,8-9,11,13H2,1-3H3. The number of pyridine rings is 1. The molecule has 3 heterocycles. The van der Waals surface area contributed by atoms with E-state index >= 15 is 0 Å². The molecule has 3 aliphatic rings. The molecule has 2 atom stereocenters. The monoisotopic (exact) mass is 390 g/mol. The Hall–Kier alpha value is -2.89. The van der Waals surface area contributed by atoms with Crippen molar-refractivity contribution >= 4 is 29.1 Å². The second kappa shape index (κ2) is 6.58. The van der Waals surface area contributed by atoms with Crippen molar-refractivity contribution < 1.29 is 9.59 Å². The Balaban J connectivity index is 1.57. The molecule has 1 saturated heterocycles. The molecule has 1 aliphatic carbocycles. The second-order valence-electron chi connectivity index (χ2n) is 8.45. The van der Waals surface area contributed by atoms with Crippen LogP contribution in [0.2, 0.25) is 0 Å². The Kier molecular flexibility index (Phi) is 4.12. The molecule has 2 aromatic rings. The SMILES string of the molecule is Cc1ccc(C2CCC(=O)N2c2ccc3c(n2)N(C2CC2)C(C)C(=O)N3C)cc1. The van der Waals surface area contributed by atoms with E-state index in [-0.39, 0.29) is 23.9 Å². The van der Waals surface area contributed by atoms with Crippen molar-refractivity contribution in [2.75, 3.05) is 21.7 Å². The van der Waals surface area contributed by atoms with E-state index in [0.29, 0.717) is 18.3 Å². The highest BCUT2D eigenvalue weighted by Gasteiger charge is 2.43. The first-order valence-corrected chi connectivity index (χ1v) is 10.4. The molecule has 1 saturated carbocycles. The molecule has 0 radical (unpaired) electrons. The summed E-state index contributed by atoms with van der Waals surface area (Å²) in [4.78, 5) is 36.1. The molecule has 2 fully saturated rings. The largest absolute Gasteiger partial charge is 0.340 e. The number of hydrogen-bond donors (Lipinski definition) is 0. The molecule has 150 valence electrons. The Morgan fingerprint density at radius 2 is 1.72 bits per heavy atom. The number of amides is 2. The fourth-order valence-corrected chi connectivity index (χ4v) is 4.64. The Morgan fingerprint density at radius 1 is 1.00 bits per heavy atom. The lowest BCUT2D eigenvalue weighted by Gasteiger charge is -2.40. The van der Waals surface area contributed by atoms with Gasteiger partial charge in [-0.2, -0.15) is 0 Å². The molecule has 2 amide bonds.